The minimum Gasteiger partial charge on any atom is -0.508 e. The highest BCUT2D eigenvalue weighted by Gasteiger charge is 2.23. The van der Waals surface area contributed by atoms with Gasteiger partial charge in [-0.1, -0.05) is 0 Å². The maximum Gasteiger partial charge on any atom is 0.266 e. The summed E-state index contributed by atoms with van der Waals surface area (Å²) in [4.78, 5) is 20.0. The van der Waals surface area contributed by atoms with Gasteiger partial charge < -0.3 is 19.9 Å². The summed E-state index contributed by atoms with van der Waals surface area (Å²) in [6.07, 6.45) is 3.03. The quantitative estimate of drug-likeness (QED) is 0.724. The number of benzene rings is 1. The van der Waals surface area contributed by atoms with Crippen LogP contribution in [0.3, 0.4) is 0 Å². The number of pyridine rings is 1. The Labute approximate surface area is 156 Å². The average molecular weight is 372 g/mol. The molecular formula is C20H25N3O2S. The molecule has 0 aliphatic carbocycles. The monoisotopic (exact) mass is 371 g/mol. The van der Waals surface area contributed by atoms with E-state index in [1.54, 1.807) is 12.1 Å². The first-order valence-electron chi connectivity index (χ1n) is 9.17. The van der Waals surface area contributed by atoms with Crippen molar-refractivity contribution >= 4 is 32.3 Å². The Kier molecular flexibility index (Phi) is 4.73. The molecule has 0 saturated carbocycles. The highest BCUT2D eigenvalue weighted by Crippen LogP contribution is 2.33. The highest BCUT2D eigenvalue weighted by atomic mass is 32.1. The van der Waals surface area contributed by atoms with Crippen LogP contribution in [0.15, 0.2) is 28.4 Å². The summed E-state index contributed by atoms with van der Waals surface area (Å²) in [5.41, 5.74) is 1.71. The van der Waals surface area contributed by atoms with Gasteiger partial charge in [0.05, 0.1) is 0 Å². The molecule has 0 amide bonds. The number of likely N-dealkylation sites (tertiary alicyclic amines) is 1. The molecule has 6 heteroatoms. The summed E-state index contributed by atoms with van der Waals surface area (Å²) in [7, 11) is 4.30. The SMILES string of the molecule is CN(C)C1CCN(CCCc2c(O)ccc3[nH]c(=O)c4sccc4c23)C1. The topological polar surface area (TPSA) is 59.6 Å². The van der Waals surface area contributed by atoms with Gasteiger partial charge in [-0.25, -0.2) is 0 Å². The summed E-state index contributed by atoms with van der Waals surface area (Å²) in [6, 6.07) is 6.14. The van der Waals surface area contributed by atoms with Gasteiger partial charge in [-0.15, -0.1) is 11.3 Å². The van der Waals surface area contributed by atoms with Gasteiger partial charge in [-0.2, -0.15) is 0 Å². The van der Waals surface area contributed by atoms with Gasteiger partial charge in [-0.05, 0) is 70.0 Å². The number of aromatic hydroxyl groups is 1. The van der Waals surface area contributed by atoms with Crippen LogP contribution in [0.5, 0.6) is 5.75 Å². The van der Waals surface area contributed by atoms with E-state index < -0.39 is 0 Å². The lowest BCUT2D eigenvalue weighted by Crippen LogP contribution is -2.31. The number of aryl methyl sites for hydroxylation is 1. The van der Waals surface area contributed by atoms with E-state index in [4.69, 9.17) is 0 Å². The third kappa shape index (κ3) is 3.13. The third-order valence-corrected chi connectivity index (χ3v) is 6.47. The number of aromatic amines is 1. The molecule has 1 saturated heterocycles. The van der Waals surface area contributed by atoms with Crippen LogP contribution in [0.1, 0.15) is 18.4 Å². The molecule has 2 N–H and O–H groups in total. The molecule has 0 bridgehead atoms. The Morgan fingerprint density at radius 1 is 1.35 bits per heavy atom. The minimum atomic E-state index is -0.0501. The van der Waals surface area contributed by atoms with Gasteiger partial charge in [0, 0.05) is 34.4 Å². The van der Waals surface area contributed by atoms with E-state index >= 15 is 0 Å². The number of nitrogens with zero attached hydrogens (tertiary/aromatic N) is 2. The van der Waals surface area contributed by atoms with Gasteiger partial charge in [0.1, 0.15) is 10.4 Å². The Morgan fingerprint density at radius 2 is 2.19 bits per heavy atom. The normalized spacial score (nSPS) is 18.5. The van der Waals surface area contributed by atoms with E-state index in [-0.39, 0.29) is 5.56 Å². The average Bonchev–Trinajstić information content (AvgIpc) is 3.27. The van der Waals surface area contributed by atoms with Gasteiger partial charge >= 0.3 is 0 Å². The second kappa shape index (κ2) is 7.02. The zero-order valence-electron chi connectivity index (χ0n) is 15.3. The number of rotatable bonds is 5. The van der Waals surface area contributed by atoms with Crippen molar-refractivity contribution in [2.75, 3.05) is 33.7 Å². The zero-order valence-corrected chi connectivity index (χ0v) is 16.1. The predicted octanol–water partition coefficient (Wildman–Crippen LogP) is 3.02. The van der Waals surface area contributed by atoms with E-state index in [1.807, 2.05) is 11.4 Å². The smallest absolute Gasteiger partial charge is 0.266 e. The number of likely N-dealkylation sites (N-methyl/N-ethyl adjacent to an activating group) is 1. The van der Waals surface area contributed by atoms with Crippen molar-refractivity contribution in [3.63, 3.8) is 0 Å². The van der Waals surface area contributed by atoms with Crippen LogP contribution in [0.4, 0.5) is 0 Å². The lowest BCUT2D eigenvalue weighted by molar-refractivity contribution is 0.267. The van der Waals surface area contributed by atoms with Gasteiger partial charge in [-0.3, -0.25) is 4.79 Å². The Morgan fingerprint density at radius 3 is 2.96 bits per heavy atom. The molecule has 1 aliphatic rings. The summed E-state index contributed by atoms with van der Waals surface area (Å²) in [5, 5.41) is 14.4. The number of phenols is 1. The number of H-pyrrole nitrogens is 1. The fraction of sp³-hybridized carbons (Fsp3) is 0.450. The Balaban J connectivity index is 1.58. The van der Waals surface area contributed by atoms with Gasteiger partial charge in [0.2, 0.25) is 0 Å². The standard InChI is InChI=1S/C20H25N3O2S/c1-22(2)13-7-10-23(12-13)9-3-4-14-17(24)6-5-16-18(14)15-8-11-26-19(15)20(25)21-16/h5-6,8,11,13,24H,3-4,7,9-10,12H2,1-2H3,(H,21,25). The van der Waals surface area contributed by atoms with Crippen LogP contribution in [-0.2, 0) is 6.42 Å². The maximum absolute atomic E-state index is 12.2. The van der Waals surface area contributed by atoms with E-state index in [2.05, 4.69) is 28.9 Å². The van der Waals surface area contributed by atoms with Gasteiger partial charge in [0.25, 0.3) is 5.56 Å². The number of aromatic nitrogens is 1. The van der Waals surface area contributed by atoms with Crippen LogP contribution >= 0.6 is 11.3 Å². The molecule has 1 aliphatic heterocycles. The molecule has 5 nitrogen and oxygen atoms in total. The van der Waals surface area contributed by atoms with Gasteiger partial charge in [0.15, 0.2) is 0 Å². The fourth-order valence-corrected chi connectivity index (χ4v) is 4.87. The molecule has 3 aromatic rings. The maximum atomic E-state index is 12.2. The second-order valence-electron chi connectivity index (χ2n) is 7.41. The van der Waals surface area contributed by atoms with Crippen molar-refractivity contribution in [2.45, 2.75) is 25.3 Å². The summed E-state index contributed by atoms with van der Waals surface area (Å²) >= 11 is 1.45. The molecule has 1 unspecified atom stereocenters. The highest BCUT2D eigenvalue weighted by molar-refractivity contribution is 7.17. The molecule has 2 aromatic heterocycles. The Hall–Kier alpha value is -1.89. The Bertz CT molecular complexity index is 992. The molecule has 3 heterocycles. The second-order valence-corrected chi connectivity index (χ2v) is 8.33. The number of phenolic OH excluding ortho intramolecular Hbond substituents is 1. The number of fused-ring (bicyclic) bond motifs is 3. The van der Waals surface area contributed by atoms with E-state index in [9.17, 15) is 9.90 Å². The van der Waals surface area contributed by atoms with Crippen molar-refractivity contribution < 1.29 is 5.11 Å². The van der Waals surface area contributed by atoms with Crippen molar-refractivity contribution in [1.82, 2.24) is 14.8 Å². The van der Waals surface area contributed by atoms with Crippen LogP contribution in [-0.4, -0.2) is 59.7 Å². The molecular weight excluding hydrogens is 346 g/mol. The van der Waals surface area contributed by atoms with E-state index in [0.717, 1.165) is 59.0 Å². The van der Waals surface area contributed by atoms with Crippen LogP contribution in [0.25, 0.3) is 21.0 Å². The van der Waals surface area contributed by atoms with E-state index in [0.29, 0.717) is 11.8 Å². The van der Waals surface area contributed by atoms with Crippen molar-refractivity contribution in [2.24, 2.45) is 0 Å². The first-order chi connectivity index (χ1) is 12.5. The molecule has 1 aromatic carbocycles. The first-order valence-corrected chi connectivity index (χ1v) is 10.1. The number of nitrogens with one attached hydrogen (secondary N) is 1. The molecule has 1 atom stereocenters. The minimum absolute atomic E-state index is 0.0501. The largest absolute Gasteiger partial charge is 0.508 e. The van der Waals surface area contributed by atoms with Crippen LogP contribution in [0, 0.1) is 0 Å². The fourth-order valence-electron chi connectivity index (χ4n) is 4.08. The lowest BCUT2D eigenvalue weighted by Gasteiger charge is -2.20. The molecule has 0 spiro atoms. The molecule has 26 heavy (non-hydrogen) atoms. The third-order valence-electron chi connectivity index (χ3n) is 5.56. The number of thiophene rings is 1. The zero-order chi connectivity index (χ0) is 18.3. The lowest BCUT2D eigenvalue weighted by atomic mass is 10.00. The first kappa shape index (κ1) is 17.5. The van der Waals surface area contributed by atoms with Crippen molar-refractivity contribution in [3.8, 4) is 5.75 Å². The van der Waals surface area contributed by atoms with Crippen molar-refractivity contribution in [1.29, 1.82) is 0 Å². The van der Waals surface area contributed by atoms with Crippen LogP contribution in [0.2, 0.25) is 0 Å². The number of hydrogen-bond donors (Lipinski definition) is 2. The number of hydrogen-bond acceptors (Lipinski definition) is 5. The summed E-state index contributed by atoms with van der Waals surface area (Å²) < 4.78 is 0.734. The van der Waals surface area contributed by atoms with E-state index in [1.165, 1.54) is 17.8 Å². The molecule has 138 valence electrons. The summed E-state index contributed by atoms with van der Waals surface area (Å²) in [5.74, 6) is 0.324. The van der Waals surface area contributed by atoms with Crippen molar-refractivity contribution in [3.05, 3.63) is 39.5 Å². The molecule has 4 rings (SSSR count). The molecule has 1 fully saturated rings. The molecule has 0 radical (unpaired) electrons. The summed E-state index contributed by atoms with van der Waals surface area (Å²) in [6.45, 7) is 3.30. The predicted molar refractivity (Wildman–Crippen MR) is 108 cm³/mol. The van der Waals surface area contributed by atoms with Crippen LogP contribution < -0.4 is 5.56 Å².